The molecule has 1 aliphatic carbocycles. The Hall–Kier alpha value is -2.60. The Labute approximate surface area is 177 Å². The summed E-state index contributed by atoms with van der Waals surface area (Å²) in [6.07, 6.45) is 3.19. The maximum absolute atomic E-state index is 11.8. The number of carbonyl (C=O) groups excluding carboxylic acids is 1. The molecule has 0 amide bonds. The van der Waals surface area contributed by atoms with Crippen LogP contribution in [0.3, 0.4) is 0 Å². The molecule has 1 aliphatic rings. The highest BCUT2D eigenvalue weighted by atomic mass is 32.1. The lowest BCUT2D eigenvalue weighted by molar-refractivity contribution is -0.143. The van der Waals surface area contributed by atoms with Gasteiger partial charge in [-0.2, -0.15) is 0 Å². The van der Waals surface area contributed by atoms with Gasteiger partial charge in [0.15, 0.2) is 0 Å². The van der Waals surface area contributed by atoms with Gasteiger partial charge in [-0.15, -0.1) is 0 Å². The van der Waals surface area contributed by atoms with Gasteiger partial charge in [0.25, 0.3) is 0 Å². The minimum absolute atomic E-state index is 0.119. The fraction of sp³-hybridized carbons (Fsp3) is 0.391. The van der Waals surface area contributed by atoms with Crippen LogP contribution in [0.5, 0.6) is 11.5 Å². The Balaban J connectivity index is 1.41. The van der Waals surface area contributed by atoms with Gasteiger partial charge in [0, 0.05) is 12.0 Å². The van der Waals surface area contributed by atoms with Crippen LogP contribution in [-0.4, -0.2) is 30.8 Å². The summed E-state index contributed by atoms with van der Waals surface area (Å²) in [6, 6.07) is 13.6. The van der Waals surface area contributed by atoms with E-state index in [4.69, 9.17) is 32.2 Å². The van der Waals surface area contributed by atoms with Crippen molar-refractivity contribution in [3.8, 4) is 11.5 Å². The van der Waals surface area contributed by atoms with E-state index in [1.54, 1.807) is 0 Å². The minimum atomic E-state index is -0.119. The van der Waals surface area contributed by atoms with Crippen molar-refractivity contribution in [2.75, 3.05) is 19.8 Å². The number of ether oxygens (including phenoxy) is 3. The average molecular weight is 414 g/mol. The second kappa shape index (κ2) is 10.3. The highest BCUT2D eigenvalue weighted by Crippen LogP contribution is 2.37. The van der Waals surface area contributed by atoms with Crippen molar-refractivity contribution in [1.82, 2.24) is 0 Å². The van der Waals surface area contributed by atoms with Gasteiger partial charge in [-0.05, 0) is 73.2 Å². The Morgan fingerprint density at radius 3 is 2.48 bits per heavy atom. The van der Waals surface area contributed by atoms with E-state index in [0.29, 0.717) is 31.2 Å². The standard InChI is InChI=1S/C23H27NO4S/c1-2-26-22(25)15-18-5-4-17-14-20(10-11-21(17)18)28-13-3-12-27-19-8-6-16(7-9-19)23(24)29/h6-11,14,18H,2-5,12-13,15H2,1H3,(H2,24,29)/t18-/m0/s1. The van der Waals surface area contributed by atoms with Crippen LogP contribution >= 0.6 is 12.2 Å². The fourth-order valence-corrected chi connectivity index (χ4v) is 3.70. The van der Waals surface area contributed by atoms with Crippen molar-refractivity contribution in [2.45, 2.75) is 38.5 Å². The first kappa shape index (κ1) is 21.1. The lowest BCUT2D eigenvalue weighted by atomic mass is 9.98. The fourth-order valence-electron chi connectivity index (χ4n) is 3.56. The zero-order valence-electron chi connectivity index (χ0n) is 16.7. The van der Waals surface area contributed by atoms with Crippen molar-refractivity contribution >= 4 is 23.2 Å². The predicted molar refractivity (Wildman–Crippen MR) is 117 cm³/mol. The number of hydrogen-bond acceptors (Lipinski definition) is 5. The second-order valence-electron chi connectivity index (χ2n) is 7.04. The second-order valence-corrected chi connectivity index (χ2v) is 7.48. The molecule has 0 unspecified atom stereocenters. The molecule has 0 heterocycles. The van der Waals surface area contributed by atoms with Crippen LogP contribution in [0.25, 0.3) is 0 Å². The van der Waals surface area contributed by atoms with E-state index < -0.39 is 0 Å². The highest BCUT2D eigenvalue weighted by molar-refractivity contribution is 7.80. The number of thiocarbonyl (C=S) groups is 1. The molecule has 0 radical (unpaired) electrons. The molecule has 0 aromatic heterocycles. The summed E-state index contributed by atoms with van der Waals surface area (Å²) in [7, 11) is 0. The molecule has 2 aromatic rings. The molecule has 29 heavy (non-hydrogen) atoms. The number of nitrogens with two attached hydrogens (primary N) is 1. The largest absolute Gasteiger partial charge is 0.493 e. The Kier molecular flexibility index (Phi) is 7.47. The topological polar surface area (TPSA) is 70.8 Å². The van der Waals surface area contributed by atoms with Crippen molar-refractivity contribution in [2.24, 2.45) is 5.73 Å². The molecular formula is C23H27NO4S. The first-order valence-electron chi connectivity index (χ1n) is 10.0. The van der Waals surface area contributed by atoms with E-state index in [1.165, 1.54) is 11.1 Å². The quantitative estimate of drug-likeness (QED) is 0.358. The third kappa shape index (κ3) is 5.94. The number of fused-ring (bicyclic) bond motifs is 1. The van der Waals surface area contributed by atoms with Crippen LogP contribution < -0.4 is 15.2 Å². The summed E-state index contributed by atoms with van der Waals surface area (Å²) in [5.74, 6) is 1.79. The van der Waals surface area contributed by atoms with E-state index in [-0.39, 0.29) is 11.9 Å². The summed E-state index contributed by atoms with van der Waals surface area (Å²) in [6.45, 7) is 3.42. The summed E-state index contributed by atoms with van der Waals surface area (Å²) < 4.78 is 16.7. The molecule has 0 fully saturated rings. The lowest BCUT2D eigenvalue weighted by Gasteiger charge is -2.12. The van der Waals surface area contributed by atoms with Gasteiger partial charge < -0.3 is 19.9 Å². The molecule has 0 aliphatic heterocycles. The molecule has 0 saturated carbocycles. The van der Waals surface area contributed by atoms with Gasteiger partial charge in [-0.25, -0.2) is 0 Å². The number of rotatable bonds is 10. The van der Waals surface area contributed by atoms with Crippen LogP contribution in [-0.2, 0) is 16.0 Å². The van der Waals surface area contributed by atoms with Crippen LogP contribution in [0.15, 0.2) is 42.5 Å². The van der Waals surface area contributed by atoms with Crippen molar-refractivity contribution in [1.29, 1.82) is 0 Å². The van der Waals surface area contributed by atoms with E-state index in [9.17, 15) is 4.79 Å². The van der Waals surface area contributed by atoms with Crippen LogP contribution in [0, 0.1) is 0 Å². The number of benzene rings is 2. The van der Waals surface area contributed by atoms with Crippen LogP contribution in [0.2, 0.25) is 0 Å². The van der Waals surface area contributed by atoms with E-state index in [2.05, 4.69) is 12.1 Å². The van der Waals surface area contributed by atoms with Crippen molar-refractivity contribution < 1.29 is 19.0 Å². The third-order valence-electron chi connectivity index (χ3n) is 5.00. The van der Waals surface area contributed by atoms with Gasteiger partial charge in [-0.3, -0.25) is 4.79 Å². The molecule has 2 aromatic carbocycles. The maximum Gasteiger partial charge on any atom is 0.306 e. The van der Waals surface area contributed by atoms with E-state index in [1.807, 2.05) is 37.3 Å². The first-order valence-corrected chi connectivity index (χ1v) is 10.4. The summed E-state index contributed by atoms with van der Waals surface area (Å²) in [5, 5.41) is 0. The molecule has 5 nitrogen and oxygen atoms in total. The lowest BCUT2D eigenvalue weighted by Crippen LogP contribution is -2.09. The summed E-state index contributed by atoms with van der Waals surface area (Å²) in [5.41, 5.74) is 8.93. The molecule has 6 heteroatoms. The Morgan fingerprint density at radius 2 is 1.79 bits per heavy atom. The molecular weight excluding hydrogens is 386 g/mol. The Morgan fingerprint density at radius 1 is 1.10 bits per heavy atom. The normalized spacial score (nSPS) is 14.9. The van der Waals surface area contributed by atoms with Gasteiger partial charge in [0.05, 0.1) is 26.2 Å². The summed E-state index contributed by atoms with van der Waals surface area (Å²) >= 11 is 4.94. The van der Waals surface area contributed by atoms with E-state index in [0.717, 1.165) is 36.3 Å². The molecule has 0 saturated heterocycles. The zero-order chi connectivity index (χ0) is 20.6. The maximum atomic E-state index is 11.8. The summed E-state index contributed by atoms with van der Waals surface area (Å²) in [4.78, 5) is 12.1. The molecule has 3 rings (SSSR count). The first-order chi connectivity index (χ1) is 14.1. The smallest absolute Gasteiger partial charge is 0.306 e. The SMILES string of the molecule is CCOC(=O)C[C@@H]1CCc2cc(OCCCOc3ccc(C(N)=S)cc3)ccc21. The van der Waals surface area contributed by atoms with Gasteiger partial charge in [-0.1, -0.05) is 18.3 Å². The third-order valence-corrected chi connectivity index (χ3v) is 5.24. The zero-order valence-corrected chi connectivity index (χ0v) is 17.5. The van der Waals surface area contributed by atoms with E-state index >= 15 is 0 Å². The molecule has 0 bridgehead atoms. The monoisotopic (exact) mass is 413 g/mol. The average Bonchev–Trinajstić information content (AvgIpc) is 3.10. The highest BCUT2D eigenvalue weighted by Gasteiger charge is 2.25. The predicted octanol–water partition coefficient (Wildman–Crippen LogP) is 4.15. The van der Waals surface area contributed by atoms with Crippen LogP contribution in [0.4, 0.5) is 0 Å². The molecule has 0 spiro atoms. The van der Waals surface area contributed by atoms with Crippen molar-refractivity contribution in [3.05, 3.63) is 59.2 Å². The molecule has 154 valence electrons. The molecule has 1 atom stereocenters. The molecule has 2 N–H and O–H groups in total. The Bertz CT molecular complexity index is 850. The van der Waals surface area contributed by atoms with Gasteiger partial charge in [0.1, 0.15) is 16.5 Å². The number of esters is 1. The van der Waals surface area contributed by atoms with Gasteiger partial charge >= 0.3 is 5.97 Å². The van der Waals surface area contributed by atoms with Crippen molar-refractivity contribution in [3.63, 3.8) is 0 Å². The van der Waals surface area contributed by atoms with Crippen LogP contribution in [0.1, 0.15) is 48.8 Å². The number of aryl methyl sites for hydroxylation is 1. The number of hydrogen-bond donors (Lipinski definition) is 1. The number of carbonyl (C=O) groups is 1. The van der Waals surface area contributed by atoms with Gasteiger partial charge in [0.2, 0.25) is 0 Å². The minimum Gasteiger partial charge on any atom is -0.493 e.